The average molecular weight is 450 g/mol. The second-order valence-corrected chi connectivity index (χ2v) is 8.24. The van der Waals surface area contributed by atoms with Crippen LogP contribution in [0.5, 0.6) is 0 Å². The van der Waals surface area contributed by atoms with Gasteiger partial charge < -0.3 is 4.90 Å². The van der Waals surface area contributed by atoms with Crippen molar-refractivity contribution < 1.29 is 18.8 Å². The van der Waals surface area contributed by atoms with Gasteiger partial charge in [-0.2, -0.15) is 0 Å². The largest absolute Gasteiger partial charge is 0.329 e. The number of benzene rings is 2. The second-order valence-electron chi connectivity index (χ2n) is 7.85. The standard InChI is InChI=1S/C24H17ClFN3O3/c25-21-10-15-12-28(24(32)20(15)11-27-21)17(9-14-4-3-5-16(26)8-14)13-29-22(30)18-6-1-2-7-19(18)23(29)31/h1-8,10-11,17H,9,12-13H2/t17-/m1/s1. The number of imide groups is 1. The normalized spacial score (nSPS) is 15.9. The topological polar surface area (TPSA) is 70.6 Å². The molecule has 0 unspecified atom stereocenters. The zero-order chi connectivity index (χ0) is 22.4. The number of fused-ring (bicyclic) bond motifs is 2. The highest BCUT2D eigenvalue weighted by Gasteiger charge is 2.40. The molecule has 2 aliphatic rings. The maximum absolute atomic E-state index is 13.8. The van der Waals surface area contributed by atoms with Crippen LogP contribution in [0.2, 0.25) is 5.15 Å². The molecule has 0 N–H and O–H groups in total. The minimum Gasteiger partial charge on any atom is -0.329 e. The predicted molar refractivity (Wildman–Crippen MR) is 115 cm³/mol. The molecule has 3 aromatic rings. The fourth-order valence-corrected chi connectivity index (χ4v) is 4.50. The Hall–Kier alpha value is -3.58. The third-order valence-electron chi connectivity index (χ3n) is 5.86. The Bertz CT molecular complexity index is 1240. The Balaban J connectivity index is 1.48. The molecule has 0 bridgehead atoms. The Labute approximate surface area is 188 Å². The first-order valence-electron chi connectivity index (χ1n) is 10.1. The summed E-state index contributed by atoms with van der Waals surface area (Å²) in [5.74, 6) is -1.45. The van der Waals surface area contributed by atoms with Gasteiger partial charge in [0.25, 0.3) is 17.7 Å². The van der Waals surface area contributed by atoms with Gasteiger partial charge in [0.1, 0.15) is 11.0 Å². The van der Waals surface area contributed by atoms with Crippen molar-refractivity contribution in [2.24, 2.45) is 0 Å². The molecule has 0 spiro atoms. The van der Waals surface area contributed by atoms with E-state index >= 15 is 0 Å². The smallest absolute Gasteiger partial charge is 0.261 e. The Morgan fingerprint density at radius 2 is 1.66 bits per heavy atom. The molecule has 6 nitrogen and oxygen atoms in total. The monoisotopic (exact) mass is 449 g/mol. The van der Waals surface area contributed by atoms with E-state index in [1.54, 1.807) is 47.4 Å². The van der Waals surface area contributed by atoms with Crippen LogP contribution in [0, 0.1) is 5.82 Å². The van der Waals surface area contributed by atoms with E-state index in [0.717, 1.165) is 10.5 Å². The third-order valence-corrected chi connectivity index (χ3v) is 6.07. The lowest BCUT2D eigenvalue weighted by atomic mass is 10.0. The number of halogens is 2. The Morgan fingerprint density at radius 1 is 0.938 bits per heavy atom. The van der Waals surface area contributed by atoms with Crippen molar-refractivity contribution in [1.29, 1.82) is 0 Å². The number of hydrogen-bond donors (Lipinski definition) is 0. The summed E-state index contributed by atoms with van der Waals surface area (Å²) in [5.41, 5.74) is 2.50. The maximum atomic E-state index is 13.8. The molecule has 3 heterocycles. The van der Waals surface area contributed by atoms with Gasteiger partial charge in [-0.15, -0.1) is 0 Å². The van der Waals surface area contributed by atoms with Crippen molar-refractivity contribution in [3.05, 3.63) is 99.6 Å². The van der Waals surface area contributed by atoms with Crippen molar-refractivity contribution in [3.8, 4) is 0 Å². The molecule has 8 heteroatoms. The minimum absolute atomic E-state index is 0.0102. The van der Waals surface area contributed by atoms with Crippen LogP contribution in [-0.4, -0.2) is 45.1 Å². The number of nitrogens with zero attached hydrogens (tertiary/aromatic N) is 3. The molecular formula is C24H17ClFN3O3. The van der Waals surface area contributed by atoms with E-state index in [0.29, 0.717) is 22.3 Å². The summed E-state index contributed by atoms with van der Waals surface area (Å²) in [5, 5.41) is 0.278. The molecule has 160 valence electrons. The van der Waals surface area contributed by atoms with E-state index in [9.17, 15) is 18.8 Å². The molecule has 1 atom stereocenters. The molecule has 0 aliphatic carbocycles. The van der Waals surface area contributed by atoms with Crippen LogP contribution >= 0.6 is 11.6 Å². The van der Waals surface area contributed by atoms with Crippen LogP contribution in [0.15, 0.2) is 60.8 Å². The van der Waals surface area contributed by atoms with Crippen LogP contribution in [-0.2, 0) is 13.0 Å². The lowest BCUT2D eigenvalue weighted by Crippen LogP contribution is -2.47. The van der Waals surface area contributed by atoms with Gasteiger partial charge in [-0.1, -0.05) is 35.9 Å². The first-order chi connectivity index (χ1) is 15.4. The average Bonchev–Trinajstić information content (AvgIpc) is 3.22. The number of aromatic nitrogens is 1. The quantitative estimate of drug-likeness (QED) is 0.439. The van der Waals surface area contributed by atoms with E-state index in [1.807, 2.05) is 0 Å². The van der Waals surface area contributed by atoms with Crippen LogP contribution in [0.1, 0.15) is 42.2 Å². The van der Waals surface area contributed by atoms with Crippen molar-refractivity contribution >= 4 is 29.3 Å². The molecule has 0 fully saturated rings. The molecule has 3 amide bonds. The molecule has 0 radical (unpaired) electrons. The van der Waals surface area contributed by atoms with Crippen molar-refractivity contribution in [1.82, 2.24) is 14.8 Å². The summed E-state index contributed by atoms with van der Waals surface area (Å²) in [7, 11) is 0. The van der Waals surface area contributed by atoms with Crippen LogP contribution in [0.3, 0.4) is 0 Å². The molecular weight excluding hydrogens is 433 g/mol. The number of hydrogen-bond acceptors (Lipinski definition) is 4. The highest BCUT2D eigenvalue weighted by molar-refractivity contribution is 6.29. The molecule has 1 aromatic heterocycles. The number of rotatable bonds is 5. The number of pyridine rings is 1. The van der Waals surface area contributed by atoms with E-state index in [4.69, 9.17) is 11.6 Å². The van der Waals surface area contributed by atoms with Crippen LogP contribution in [0.25, 0.3) is 0 Å². The summed E-state index contributed by atoms with van der Waals surface area (Å²) >= 11 is 5.99. The summed E-state index contributed by atoms with van der Waals surface area (Å²) in [4.78, 5) is 45.7. The van der Waals surface area contributed by atoms with Gasteiger partial charge in [-0.3, -0.25) is 19.3 Å². The SMILES string of the molecule is O=C1c2ccccc2C(=O)N1C[C@@H](Cc1cccc(F)c1)N1Cc2cc(Cl)ncc2C1=O. The molecule has 5 rings (SSSR count). The zero-order valence-corrected chi connectivity index (χ0v) is 17.6. The molecule has 2 aromatic carbocycles. The maximum Gasteiger partial charge on any atom is 0.261 e. The van der Waals surface area contributed by atoms with Crippen molar-refractivity contribution in [2.75, 3.05) is 6.54 Å². The molecule has 0 saturated heterocycles. The summed E-state index contributed by atoms with van der Waals surface area (Å²) in [6.45, 7) is 0.253. The fourth-order valence-electron chi connectivity index (χ4n) is 4.32. The first kappa shape index (κ1) is 20.3. The van der Waals surface area contributed by atoms with E-state index < -0.39 is 23.7 Å². The summed E-state index contributed by atoms with van der Waals surface area (Å²) in [6.07, 6.45) is 1.70. The predicted octanol–water partition coefficient (Wildman–Crippen LogP) is 3.74. The number of carbonyl (C=O) groups excluding carboxylic acids is 3. The fraction of sp³-hybridized carbons (Fsp3) is 0.167. The van der Waals surface area contributed by atoms with Gasteiger partial charge >= 0.3 is 0 Å². The highest BCUT2D eigenvalue weighted by Crippen LogP contribution is 2.29. The molecule has 2 aliphatic heterocycles. The minimum atomic E-state index is -0.558. The molecule has 0 saturated carbocycles. The van der Waals surface area contributed by atoms with E-state index in [-0.39, 0.29) is 30.6 Å². The van der Waals surface area contributed by atoms with Crippen molar-refractivity contribution in [3.63, 3.8) is 0 Å². The summed E-state index contributed by atoms with van der Waals surface area (Å²) < 4.78 is 13.8. The van der Waals surface area contributed by atoms with Gasteiger partial charge in [0, 0.05) is 12.7 Å². The molecule has 32 heavy (non-hydrogen) atoms. The highest BCUT2D eigenvalue weighted by atomic mass is 35.5. The zero-order valence-electron chi connectivity index (χ0n) is 16.8. The van der Waals surface area contributed by atoms with Crippen LogP contribution < -0.4 is 0 Å². The van der Waals surface area contributed by atoms with Gasteiger partial charge in [-0.25, -0.2) is 9.37 Å². The van der Waals surface area contributed by atoms with Crippen molar-refractivity contribution in [2.45, 2.75) is 19.0 Å². The van der Waals surface area contributed by atoms with Gasteiger partial charge in [0.15, 0.2) is 0 Å². The number of amides is 3. The first-order valence-corrected chi connectivity index (χ1v) is 10.4. The Kier molecular flexibility index (Phi) is 4.98. The van der Waals surface area contributed by atoms with E-state index in [1.165, 1.54) is 18.3 Å². The lowest BCUT2D eigenvalue weighted by molar-refractivity contribution is 0.0527. The van der Waals surface area contributed by atoms with Gasteiger partial charge in [-0.05, 0) is 47.9 Å². The van der Waals surface area contributed by atoms with Gasteiger partial charge in [0.05, 0.1) is 29.3 Å². The Morgan fingerprint density at radius 3 is 2.34 bits per heavy atom. The lowest BCUT2D eigenvalue weighted by Gasteiger charge is -2.31. The third kappa shape index (κ3) is 3.44. The number of carbonyl (C=O) groups is 3. The van der Waals surface area contributed by atoms with E-state index in [2.05, 4.69) is 4.98 Å². The van der Waals surface area contributed by atoms with Crippen LogP contribution in [0.4, 0.5) is 4.39 Å². The van der Waals surface area contributed by atoms with Gasteiger partial charge in [0.2, 0.25) is 0 Å². The summed E-state index contributed by atoms with van der Waals surface area (Å²) in [6, 6.07) is 13.8. The second kappa shape index (κ2) is 7.84.